The van der Waals surface area contributed by atoms with E-state index in [0.29, 0.717) is 5.95 Å². The molecule has 3 aromatic heterocycles. The van der Waals surface area contributed by atoms with Crippen molar-refractivity contribution in [3.63, 3.8) is 0 Å². The van der Waals surface area contributed by atoms with Gasteiger partial charge in [0, 0.05) is 33.6 Å². The maximum atomic E-state index is 5.51. The van der Waals surface area contributed by atoms with Gasteiger partial charge in [-0.1, -0.05) is 111 Å². The lowest BCUT2D eigenvalue weighted by Gasteiger charge is -2.25. The SMILES string of the molecule is CC1(C)c2ccccc2-c2cccc(-c3nc(-n4c5ccccc5c5ccccc54)nc4ccn(-c5ccccc5)c34)c21. The van der Waals surface area contributed by atoms with Crippen LogP contribution in [-0.2, 0) is 5.41 Å². The van der Waals surface area contributed by atoms with E-state index in [9.17, 15) is 0 Å². The van der Waals surface area contributed by atoms with Crippen molar-refractivity contribution >= 4 is 32.8 Å². The molecule has 8 aromatic rings. The Balaban J connectivity index is 1.41. The first kappa shape index (κ1) is 24.2. The van der Waals surface area contributed by atoms with Crippen LogP contribution >= 0.6 is 0 Å². The van der Waals surface area contributed by atoms with Crippen LogP contribution in [0.4, 0.5) is 0 Å². The molecule has 204 valence electrons. The van der Waals surface area contributed by atoms with Gasteiger partial charge >= 0.3 is 0 Å². The average molecular weight is 553 g/mol. The lowest BCUT2D eigenvalue weighted by molar-refractivity contribution is 0.662. The van der Waals surface area contributed by atoms with Crippen molar-refractivity contribution in [1.82, 2.24) is 19.1 Å². The molecular weight excluding hydrogens is 524 g/mol. The normalized spacial score (nSPS) is 13.5. The molecule has 3 heterocycles. The van der Waals surface area contributed by atoms with E-state index in [1.165, 1.54) is 33.0 Å². The van der Waals surface area contributed by atoms with Crippen molar-refractivity contribution in [2.45, 2.75) is 19.3 Å². The van der Waals surface area contributed by atoms with Crippen molar-refractivity contribution in [3.8, 4) is 34.0 Å². The maximum Gasteiger partial charge on any atom is 0.235 e. The highest BCUT2D eigenvalue weighted by atomic mass is 15.2. The van der Waals surface area contributed by atoms with E-state index in [0.717, 1.165) is 39.0 Å². The first-order valence-electron chi connectivity index (χ1n) is 14.8. The molecule has 4 heteroatoms. The van der Waals surface area contributed by atoms with Gasteiger partial charge in [-0.2, -0.15) is 0 Å². The molecule has 5 aromatic carbocycles. The van der Waals surface area contributed by atoms with E-state index < -0.39 is 0 Å². The molecule has 0 radical (unpaired) electrons. The van der Waals surface area contributed by atoms with Crippen LogP contribution in [-0.4, -0.2) is 19.1 Å². The summed E-state index contributed by atoms with van der Waals surface area (Å²) in [4.78, 5) is 10.8. The molecule has 0 saturated carbocycles. The first-order valence-corrected chi connectivity index (χ1v) is 14.8. The predicted octanol–water partition coefficient (Wildman–Crippen LogP) is 9.49. The Bertz CT molecular complexity index is 2320. The molecule has 0 aliphatic heterocycles. The molecule has 0 saturated heterocycles. The van der Waals surface area contributed by atoms with E-state index in [1.54, 1.807) is 0 Å². The second-order valence-electron chi connectivity index (χ2n) is 11.9. The fourth-order valence-corrected chi connectivity index (χ4v) is 7.31. The topological polar surface area (TPSA) is 35.6 Å². The second-order valence-corrected chi connectivity index (χ2v) is 11.9. The Morgan fingerprint density at radius 2 is 1.19 bits per heavy atom. The van der Waals surface area contributed by atoms with Crippen molar-refractivity contribution in [3.05, 3.63) is 145 Å². The Kier molecular flexibility index (Phi) is 4.92. The van der Waals surface area contributed by atoms with Crippen molar-refractivity contribution < 1.29 is 0 Å². The lowest BCUT2D eigenvalue weighted by atomic mass is 9.79. The molecule has 43 heavy (non-hydrogen) atoms. The van der Waals surface area contributed by atoms with E-state index in [2.05, 4.69) is 157 Å². The summed E-state index contributed by atoms with van der Waals surface area (Å²) >= 11 is 0. The smallest absolute Gasteiger partial charge is 0.235 e. The zero-order chi connectivity index (χ0) is 28.7. The summed E-state index contributed by atoms with van der Waals surface area (Å²) in [5, 5.41) is 2.39. The average Bonchev–Trinajstić information content (AvgIpc) is 3.70. The van der Waals surface area contributed by atoms with E-state index in [1.807, 2.05) is 0 Å². The molecule has 0 unspecified atom stereocenters. The van der Waals surface area contributed by atoms with E-state index >= 15 is 0 Å². The zero-order valence-corrected chi connectivity index (χ0v) is 24.0. The van der Waals surface area contributed by atoms with Crippen LogP contribution in [0.15, 0.2) is 134 Å². The molecule has 0 amide bonds. The fraction of sp³-hybridized carbons (Fsp3) is 0.0769. The third kappa shape index (κ3) is 3.32. The van der Waals surface area contributed by atoms with Gasteiger partial charge in [-0.25, -0.2) is 9.97 Å². The summed E-state index contributed by atoms with van der Waals surface area (Å²) in [7, 11) is 0. The second kappa shape index (κ2) is 8.76. The summed E-state index contributed by atoms with van der Waals surface area (Å²) in [5.41, 5.74) is 12.3. The summed E-state index contributed by atoms with van der Waals surface area (Å²) in [6.45, 7) is 4.67. The van der Waals surface area contributed by atoms with Crippen LogP contribution in [0.25, 0.3) is 66.9 Å². The Morgan fingerprint density at radius 1 is 0.558 bits per heavy atom. The van der Waals surface area contributed by atoms with E-state index in [4.69, 9.17) is 9.97 Å². The number of rotatable bonds is 3. The lowest BCUT2D eigenvalue weighted by Crippen LogP contribution is -2.17. The molecule has 0 fully saturated rings. The molecule has 0 bridgehead atoms. The molecular formula is C39H28N4. The fourth-order valence-electron chi connectivity index (χ4n) is 7.31. The van der Waals surface area contributed by atoms with E-state index in [-0.39, 0.29) is 5.41 Å². The number of aromatic nitrogens is 4. The Morgan fingerprint density at radius 3 is 1.95 bits per heavy atom. The summed E-state index contributed by atoms with van der Waals surface area (Å²) in [5.74, 6) is 0.677. The van der Waals surface area contributed by atoms with Gasteiger partial charge in [0.1, 0.15) is 5.69 Å². The van der Waals surface area contributed by atoms with Gasteiger partial charge in [0.25, 0.3) is 0 Å². The molecule has 9 rings (SSSR count). The summed E-state index contributed by atoms with van der Waals surface area (Å²) in [6, 6.07) is 45.2. The monoisotopic (exact) mass is 552 g/mol. The number of hydrogen-bond donors (Lipinski definition) is 0. The minimum Gasteiger partial charge on any atom is -0.313 e. The first-order chi connectivity index (χ1) is 21.1. The van der Waals surface area contributed by atoms with Crippen LogP contribution in [0.5, 0.6) is 0 Å². The van der Waals surface area contributed by atoms with Crippen molar-refractivity contribution in [2.24, 2.45) is 0 Å². The van der Waals surface area contributed by atoms with Crippen LogP contribution in [0, 0.1) is 0 Å². The highest BCUT2D eigenvalue weighted by Gasteiger charge is 2.38. The highest BCUT2D eigenvalue weighted by Crippen LogP contribution is 2.52. The van der Waals surface area contributed by atoms with Crippen LogP contribution in [0.1, 0.15) is 25.0 Å². The minimum atomic E-state index is -0.184. The molecule has 0 N–H and O–H groups in total. The van der Waals surface area contributed by atoms with Gasteiger partial charge in [-0.3, -0.25) is 4.57 Å². The van der Waals surface area contributed by atoms with Gasteiger partial charge in [0.2, 0.25) is 5.95 Å². The van der Waals surface area contributed by atoms with Crippen molar-refractivity contribution in [1.29, 1.82) is 0 Å². The molecule has 1 aliphatic carbocycles. The number of fused-ring (bicyclic) bond motifs is 7. The minimum absolute atomic E-state index is 0.184. The molecule has 0 spiro atoms. The number of nitrogens with zero attached hydrogens (tertiary/aromatic N) is 4. The van der Waals surface area contributed by atoms with Gasteiger partial charge < -0.3 is 4.57 Å². The van der Waals surface area contributed by atoms with Crippen molar-refractivity contribution in [2.75, 3.05) is 0 Å². The number of hydrogen-bond acceptors (Lipinski definition) is 2. The molecule has 0 atom stereocenters. The largest absolute Gasteiger partial charge is 0.313 e. The Hall–Kier alpha value is -5.48. The zero-order valence-electron chi connectivity index (χ0n) is 24.0. The molecule has 4 nitrogen and oxygen atoms in total. The number of benzene rings is 5. The van der Waals surface area contributed by atoms with Gasteiger partial charge in [0.05, 0.1) is 22.1 Å². The third-order valence-corrected chi connectivity index (χ3v) is 9.17. The number of para-hydroxylation sites is 3. The van der Waals surface area contributed by atoms with Crippen LogP contribution in [0.3, 0.4) is 0 Å². The highest BCUT2D eigenvalue weighted by molar-refractivity contribution is 6.09. The van der Waals surface area contributed by atoms with Gasteiger partial charge in [-0.15, -0.1) is 0 Å². The third-order valence-electron chi connectivity index (χ3n) is 9.17. The Labute approximate surface area is 249 Å². The maximum absolute atomic E-state index is 5.51. The summed E-state index contributed by atoms with van der Waals surface area (Å²) < 4.78 is 4.45. The van der Waals surface area contributed by atoms with Crippen LogP contribution < -0.4 is 0 Å². The summed E-state index contributed by atoms with van der Waals surface area (Å²) in [6.07, 6.45) is 2.12. The van der Waals surface area contributed by atoms with Gasteiger partial charge in [-0.05, 0) is 52.6 Å². The quantitative estimate of drug-likeness (QED) is 0.219. The predicted molar refractivity (Wildman–Crippen MR) is 176 cm³/mol. The van der Waals surface area contributed by atoms with Gasteiger partial charge in [0.15, 0.2) is 0 Å². The standard InChI is InChI=1S/C39H28N4/c1-39(2)31-20-9-6-15-26(31)29-18-12-19-30(35(29)39)36-37-32(23-24-42(37)25-13-4-3-5-14-25)40-38(41-36)43-33-21-10-7-16-27(33)28-17-8-11-22-34(28)43/h3-24H,1-2H3. The molecule has 1 aliphatic rings. The van der Waals surface area contributed by atoms with Crippen LogP contribution in [0.2, 0.25) is 0 Å².